The minimum absolute atomic E-state index is 0.173. The largest absolute Gasteiger partial charge is 0.418 e. The summed E-state index contributed by atoms with van der Waals surface area (Å²) >= 11 is 5.63. The summed E-state index contributed by atoms with van der Waals surface area (Å²) in [4.78, 5) is 10.0. The van der Waals surface area contributed by atoms with Crippen LogP contribution in [0.25, 0.3) is 0 Å². The molecule has 2 aromatic carbocycles. The van der Waals surface area contributed by atoms with E-state index in [-0.39, 0.29) is 10.6 Å². The van der Waals surface area contributed by atoms with Crippen LogP contribution in [0, 0.1) is 10.1 Å². The molecule has 0 spiro atoms. The quantitative estimate of drug-likeness (QED) is 0.555. The van der Waals surface area contributed by atoms with Gasteiger partial charge in [-0.25, -0.2) is 13.6 Å². The maximum Gasteiger partial charge on any atom is 0.418 e. The van der Waals surface area contributed by atoms with Crippen molar-refractivity contribution in [2.75, 3.05) is 5.32 Å². The van der Waals surface area contributed by atoms with Gasteiger partial charge >= 0.3 is 6.18 Å². The van der Waals surface area contributed by atoms with E-state index < -0.39 is 43.4 Å². The highest BCUT2D eigenvalue weighted by Gasteiger charge is 2.36. The summed E-state index contributed by atoms with van der Waals surface area (Å²) in [5.74, 6) is 0. The molecule has 12 heteroatoms. The maximum absolute atomic E-state index is 12.9. The number of halogens is 4. The molecule has 2 rings (SSSR count). The SMILES string of the molecule is CC(Nc1cc(Cl)c(C(F)(F)F)cc1[N+](=O)[O-])c1cccc(S(N)(=O)=O)c1. The number of rotatable bonds is 5. The number of anilines is 1. The first-order valence-electron chi connectivity index (χ1n) is 7.25. The Morgan fingerprint density at radius 1 is 1.26 bits per heavy atom. The second-order valence-corrected chi connectivity index (χ2v) is 7.56. The molecule has 0 saturated carbocycles. The third-order valence-corrected chi connectivity index (χ3v) is 4.87. The highest BCUT2D eigenvalue weighted by Crippen LogP contribution is 2.41. The van der Waals surface area contributed by atoms with E-state index >= 15 is 0 Å². The third kappa shape index (κ3) is 4.87. The van der Waals surface area contributed by atoms with Crippen LogP contribution in [0.2, 0.25) is 5.02 Å². The lowest BCUT2D eigenvalue weighted by Crippen LogP contribution is -2.14. The second kappa shape index (κ2) is 7.33. The van der Waals surface area contributed by atoms with Gasteiger partial charge in [-0.05, 0) is 30.7 Å². The zero-order chi connectivity index (χ0) is 20.6. The molecule has 27 heavy (non-hydrogen) atoms. The molecule has 146 valence electrons. The van der Waals surface area contributed by atoms with Gasteiger partial charge in [-0.15, -0.1) is 0 Å². The number of nitrogens with one attached hydrogen (secondary N) is 1. The van der Waals surface area contributed by atoms with Crippen LogP contribution in [-0.2, 0) is 16.2 Å². The van der Waals surface area contributed by atoms with Crippen LogP contribution >= 0.6 is 11.6 Å². The molecule has 0 aromatic heterocycles. The molecule has 0 radical (unpaired) electrons. The fourth-order valence-corrected chi connectivity index (χ4v) is 3.16. The zero-order valence-corrected chi connectivity index (χ0v) is 15.2. The number of primary sulfonamides is 1. The van der Waals surface area contributed by atoms with Gasteiger partial charge in [0.15, 0.2) is 0 Å². The van der Waals surface area contributed by atoms with E-state index in [0.29, 0.717) is 11.6 Å². The average Bonchev–Trinajstić information content (AvgIpc) is 2.52. The first-order valence-corrected chi connectivity index (χ1v) is 9.17. The smallest absolute Gasteiger partial charge is 0.373 e. The number of nitrogens with zero attached hydrogens (tertiary/aromatic N) is 1. The maximum atomic E-state index is 12.9. The van der Waals surface area contributed by atoms with Crippen LogP contribution in [0.3, 0.4) is 0 Å². The Balaban J connectivity index is 2.45. The molecule has 0 fully saturated rings. The molecule has 0 aliphatic rings. The molecule has 0 saturated heterocycles. The van der Waals surface area contributed by atoms with Crippen LogP contribution in [0.4, 0.5) is 24.5 Å². The monoisotopic (exact) mass is 423 g/mol. The molecule has 7 nitrogen and oxygen atoms in total. The van der Waals surface area contributed by atoms with Crippen molar-refractivity contribution < 1.29 is 26.5 Å². The number of sulfonamides is 1. The van der Waals surface area contributed by atoms with Crippen molar-refractivity contribution in [3.63, 3.8) is 0 Å². The Morgan fingerprint density at radius 2 is 1.89 bits per heavy atom. The average molecular weight is 424 g/mol. The molecule has 1 atom stereocenters. The summed E-state index contributed by atoms with van der Waals surface area (Å²) in [6, 6.07) is 5.93. The highest BCUT2D eigenvalue weighted by atomic mass is 35.5. The Hall–Kier alpha value is -2.37. The summed E-state index contributed by atoms with van der Waals surface area (Å²) in [5.41, 5.74) is -2.00. The number of hydrogen-bond donors (Lipinski definition) is 2. The van der Waals surface area contributed by atoms with Gasteiger partial charge in [-0.3, -0.25) is 10.1 Å². The number of nitrogens with two attached hydrogens (primary N) is 1. The topological polar surface area (TPSA) is 115 Å². The second-order valence-electron chi connectivity index (χ2n) is 5.59. The van der Waals surface area contributed by atoms with Crippen LogP contribution < -0.4 is 10.5 Å². The van der Waals surface area contributed by atoms with Crippen molar-refractivity contribution in [1.29, 1.82) is 0 Å². The van der Waals surface area contributed by atoms with Gasteiger partial charge in [-0.1, -0.05) is 23.7 Å². The molecular weight excluding hydrogens is 411 g/mol. The fourth-order valence-electron chi connectivity index (χ4n) is 2.32. The molecule has 0 aliphatic carbocycles. The van der Waals surface area contributed by atoms with Gasteiger partial charge in [-0.2, -0.15) is 13.2 Å². The lowest BCUT2D eigenvalue weighted by molar-refractivity contribution is -0.384. The van der Waals surface area contributed by atoms with E-state index in [0.717, 1.165) is 6.07 Å². The number of hydrogen-bond acceptors (Lipinski definition) is 5. The molecule has 0 amide bonds. The van der Waals surface area contributed by atoms with Crippen molar-refractivity contribution >= 4 is 33.0 Å². The van der Waals surface area contributed by atoms with Gasteiger partial charge in [0.05, 0.1) is 20.4 Å². The highest BCUT2D eigenvalue weighted by molar-refractivity contribution is 7.89. The minimum Gasteiger partial charge on any atom is -0.373 e. The first kappa shape index (κ1) is 20.9. The van der Waals surface area contributed by atoms with Gasteiger partial charge in [0.1, 0.15) is 5.69 Å². The number of nitro benzene ring substituents is 1. The Bertz CT molecular complexity index is 996. The Kier molecular flexibility index (Phi) is 5.68. The molecule has 0 bridgehead atoms. The molecule has 0 aliphatic heterocycles. The van der Waals surface area contributed by atoms with Crippen molar-refractivity contribution in [2.45, 2.75) is 24.0 Å². The fraction of sp³-hybridized carbons (Fsp3) is 0.200. The van der Waals surface area contributed by atoms with E-state index in [2.05, 4.69) is 5.32 Å². The predicted octanol–water partition coefficient (Wildman–Crippen LogP) is 4.09. The standard InChI is InChI=1S/C15H13ClF3N3O4S/c1-8(9-3-2-4-10(5-9)27(20,25)26)21-13-7-12(16)11(15(17,18)19)6-14(13)22(23)24/h2-8,21H,1H3,(H2,20,25,26). The zero-order valence-electron chi connectivity index (χ0n) is 13.6. The van der Waals surface area contributed by atoms with Gasteiger partial charge < -0.3 is 5.32 Å². The first-order chi connectivity index (χ1) is 12.3. The van der Waals surface area contributed by atoms with Crippen molar-refractivity contribution in [1.82, 2.24) is 0 Å². The Morgan fingerprint density at radius 3 is 2.41 bits per heavy atom. The summed E-state index contributed by atoms with van der Waals surface area (Å²) in [6.45, 7) is 1.54. The van der Waals surface area contributed by atoms with Gasteiger partial charge in [0, 0.05) is 12.1 Å². The summed E-state index contributed by atoms with van der Waals surface area (Å²) < 4.78 is 61.6. The predicted molar refractivity (Wildman–Crippen MR) is 93.0 cm³/mol. The molecular formula is C15H13ClF3N3O4S. The minimum atomic E-state index is -4.85. The summed E-state index contributed by atoms with van der Waals surface area (Å²) in [7, 11) is -3.96. The van der Waals surface area contributed by atoms with Crippen molar-refractivity contribution in [3.8, 4) is 0 Å². The van der Waals surface area contributed by atoms with Crippen molar-refractivity contribution in [3.05, 3.63) is 62.7 Å². The number of benzene rings is 2. The van der Waals surface area contributed by atoms with E-state index in [9.17, 15) is 31.7 Å². The van der Waals surface area contributed by atoms with E-state index in [4.69, 9.17) is 16.7 Å². The molecule has 3 N–H and O–H groups in total. The van der Waals surface area contributed by atoms with E-state index in [1.54, 1.807) is 0 Å². The van der Waals surface area contributed by atoms with Crippen LogP contribution in [0.1, 0.15) is 24.1 Å². The van der Waals surface area contributed by atoms with E-state index in [1.807, 2.05) is 0 Å². The number of nitro groups is 1. The summed E-state index contributed by atoms with van der Waals surface area (Å²) in [6.07, 6.45) is -4.85. The van der Waals surface area contributed by atoms with Gasteiger partial charge in [0.25, 0.3) is 5.69 Å². The van der Waals surface area contributed by atoms with Crippen LogP contribution in [-0.4, -0.2) is 13.3 Å². The van der Waals surface area contributed by atoms with Crippen molar-refractivity contribution in [2.24, 2.45) is 5.14 Å². The van der Waals surface area contributed by atoms with Crippen LogP contribution in [0.15, 0.2) is 41.3 Å². The lowest BCUT2D eigenvalue weighted by Gasteiger charge is -2.18. The summed E-state index contributed by atoms with van der Waals surface area (Å²) in [5, 5.41) is 18.2. The Labute approximate surface area is 157 Å². The molecule has 2 aromatic rings. The van der Waals surface area contributed by atoms with Crippen LogP contribution in [0.5, 0.6) is 0 Å². The van der Waals surface area contributed by atoms with Gasteiger partial charge in [0.2, 0.25) is 10.0 Å². The lowest BCUT2D eigenvalue weighted by atomic mass is 10.1. The molecule has 0 heterocycles. The number of alkyl halides is 3. The molecule has 1 unspecified atom stereocenters. The third-order valence-electron chi connectivity index (χ3n) is 3.65. The normalized spacial score (nSPS) is 13.3. The van der Waals surface area contributed by atoms with E-state index in [1.165, 1.54) is 31.2 Å².